The van der Waals surface area contributed by atoms with E-state index in [1.807, 2.05) is 32.0 Å². The minimum atomic E-state index is -0.116. The van der Waals surface area contributed by atoms with E-state index in [9.17, 15) is 9.59 Å². The van der Waals surface area contributed by atoms with Crippen molar-refractivity contribution in [3.8, 4) is 0 Å². The molecule has 2 amide bonds. The second-order valence-electron chi connectivity index (χ2n) is 4.54. The van der Waals surface area contributed by atoms with Gasteiger partial charge in [0.25, 0.3) is 0 Å². The van der Waals surface area contributed by atoms with Crippen LogP contribution < -0.4 is 11.1 Å². The summed E-state index contributed by atoms with van der Waals surface area (Å²) in [6, 6.07) is 7.28. The summed E-state index contributed by atoms with van der Waals surface area (Å²) >= 11 is 0. The molecule has 1 aromatic rings. The fraction of sp³-hybridized carbons (Fsp3) is 0.467. The van der Waals surface area contributed by atoms with E-state index in [0.717, 1.165) is 5.56 Å². The van der Waals surface area contributed by atoms with Crippen molar-refractivity contribution in [3.05, 3.63) is 29.8 Å². The second-order valence-corrected chi connectivity index (χ2v) is 4.54. The van der Waals surface area contributed by atoms with Crippen LogP contribution in [-0.2, 0) is 16.0 Å². The van der Waals surface area contributed by atoms with Crippen molar-refractivity contribution in [1.82, 2.24) is 10.2 Å². The van der Waals surface area contributed by atoms with Gasteiger partial charge in [-0.05, 0) is 25.5 Å². The molecule has 0 unspecified atom stereocenters. The Kier molecular flexibility index (Phi) is 6.56. The zero-order chi connectivity index (χ0) is 15.0. The quantitative estimate of drug-likeness (QED) is 0.735. The third-order valence-electron chi connectivity index (χ3n) is 3.18. The number of nitrogens with zero attached hydrogens (tertiary/aromatic N) is 1. The Balaban J connectivity index is 2.34. The molecule has 0 aliphatic heterocycles. The number of carbonyl (C=O) groups excluding carboxylic acids is 2. The molecule has 5 heteroatoms. The van der Waals surface area contributed by atoms with E-state index >= 15 is 0 Å². The van der Waals surface area contributed by atoms with Crippen LogP contribution >= 0.6 is 0 Å². The summed E-state index contributed by atoms with van der Waals surface area (Å²) in [6.45, 7) is 5.64. The molecule has 0 atom stereocenters. The van der Waals surface area contributed by atoms with Crippen molar-refractivity contribution in [2.75, 3.05) is 25.4 Å². The number of nitrogen functional groups attached to an aromatic ring is 1. The van der Waals surface area contributed by atoms with Crippen LogP contribution in [0, 0.1) is 0 Å². The largest absolute Gasteiger partial charge is 0.398 e. The van der Waals surface area contributed by atoms with Crippen molar-refractivity contribution in [1.29, 1.82) is 0 Å². The summed E-state index contributed by atoms with van der Waals surface area (Å²) in [5.41, 5.74) is 7.20. The predicted molar refractivity (Wildman–Crippen MR) is 80.1 cm³/mol. The predicted octanol–water partition coefficient (Wildman–Crippen LogP) is 1.19. The molecule has 110 valence electrons. The van der Waals surface area contributed by atoms with Crippen LogP contribution in [0.25, 0.3) is 0 Å². The third-order valence-corrected chi connectivity index (χ3v) is 3.18. The number of nitrogens with two attached hydrogens (primary N) is 1. The first-order chi connectivity index (χ1) is 9.58. The van der Waals surface area contributed by atoms with E-state index < -0.39 is 0 Å². The van der Waals surface area contributed by atoms with E-state index in [1.165, 1.54) is 0 Å². The SMILES string of the molecule is CCN(CC)C(=O)CCNC(=O)Cc1ccccc1N. The Morgan fingerprint density at radius 1 is 1.20 bits per heavy atom. The van der Waals surface area contributed by atoms with Crippen molar-refractivity contribution < 1.29 is 9.59 Å². The smallest absolute Gasteiger partial charge is 0.224 e. The fourth-order valence-electron chi connectivity index (χ4n) is 1.97. The van der Waals surface area contributed by atoms with Crippen molar-refractivity contribution in [2.45, 2.75) is 26.7 Å². The van der Waals surface area contributed by atoms with Gasteiger partial charge in [0, 0.05) is 31.7 Å². The highest BCUT2D eigenvalue weighted by Crippen LogP contribution is 2.10. The van der Waals surface area contributed by atoms with Crippen LogP contribution in [0.15, 0.2) is 24.3 Å². The molecule has 0 radical (unpaired) electrons. The number of anilines is 1. The molecule has 20 heavy (non-hydrogen) atoms. The lowest BCUT2D eigenvalue weighted by molar-refractivity contribution is -0.130. The summed E-state index contributed by atoms with van der Waals surface area (Å²) in [4.78, 5) is 25.3. The zero-order valence-electron chi connectivity index (χ0n) is 12.2. The first-order valence-corrected chi connectivity index (χ1v) is 6.96. The molecular weight excluding hydrogens is 254 g/mol. The average Bonchev–Trinajstić information content (AvgIpc) is 2.43. The van der Waals surface area contributed by atoms with Crippen LogP contribution in [0.2, 0.25) is 0 Å². The van der Waals surface area contributed by atoms with Gasteiger partial charge in [-0.25, -0.2) is 0 Å². The molecule has 1 rings (SSSR count). The van der Waals surface area contributed by atoms with Gasteiger partial charge in [-0.1, -0.05) is 18.2 Å². The Bertz CT molecular complexity index is 456. The maximum Gasteiger partial charge on any atom is 0.224 e. The molecule has 0 saturated carbocycles. The topological polar surface area (TPSA) is 75.4 Å². The summed E-state index contributed by atoms with van der Waals surface area (Å²) in [5.74, 6) is -0.0511. The lowest BCUT2D eigenvalue weighted by Crippen LogP contribution is -2.34. The minimum absolute atomic E-state index is 0.0644. The molecule has 0 aliphatic carbocycles. The highest BCUT2D eigenvalue weighted by atomic mass is 16.2. The minimum Gasteiger partial charge on any atom is -0.398 e. The van der Waals surface area contributed by atoms with E-state index in [-0.39, 0.29) is 18.2 Å². The van der Waals surface area contributed by atoms with Gasteiger partial charge < -0.3 is 16.0 Å². The van der Waals surface area contributed by atoms with Gasteiger partial charge >= 0.3 is 0 Å². The monoisotopic (exact) mass is 277 g/mol. The standard InChI is InChI=1S/C15H23N3O2/c1-3-18(4-2)15(20)9-10-17-14(19)11-12-7-5-6-8-13(12)16/h5-8H,3-4,9-11,16H2,1-2H3,(H,17,19). The van der Waals surface area contributed by atoms with Gasteiger partial charge in [0.05, 0.1) is 6.42 Å². The number of hydrogen-bond donors (Lipinski definition) is 2. The van der Waals surface area contributed by atoms with Crippen molar-refractivity contribution in [2.24, 2.45) is 0 Å². The zero-order valence-corrected chi connectivity index (χ0v) is 12.2. The molecule has 0 aliphatic rings. The van der Waals surface area contributed by atoms with Crippen LogP contribution in [0.3, 0.4) is 0 Å². The highest BCUT2D eigenvalue weighted by molar-refractivity contribution is 5.81. The van der Waals surface area contributed by atoms with Crippen LogP contribution in [0.4, 0.5) is 5.69 Å². The summed E-state index contributed by atoms with van der Waals surface area (Å²) < 4.78 is 0. The third kappa shape index (κ3) is 4.91. The molecule has 0 heterocycles. The molecule has 0 spiro atoms. The number of para-hydroxylation sites is 1. The van der Waals surface area contributed by atoms with Gasteiger partial charge in [-0.3, -0.25) is 9.59 Å². The molecule has 1 aromatic carbocycles. The number of hydrogen-bond acceptors (Lipinski definition) is 3. The van der Waals surface area contributed by atoms with Gasteiger partial charge in [-0.15, -0.1) is 0 Å². The highest BCUT2D eigenvalue weighted by Gasteiger charge is 2.10. The van der Waals surface area contributed by atoms with Gasteiger partial charge in [0.15, 0.2) is 0 Å². The average molecular weight is 277 g/mol. The molecule has 0 saturated heterocycles. The van der Waals surface area contributed by atoms with E-state index in [0.29, 0.717) is 31.7 Å². The molecular formula is C15H23N3O2. The van der Waals surface area contributed by atoms with Crippen LogP contribution in [0.5, 0.6) is 0 Å². The number of benzene rings is 1. The van der Waals surface area contributed by atoms with Gasteiger partial charge in [0.2, 0.25) is 11.8 Å². The molecule has 5 nitrogen and oxygen atoms in total. The lowest BCUT2D eigenvalue weighted by Gasteiger charge is -2.18. The Hall–Kier alpha value is -2.04. The molecule has 0 fully saturated rings. The maximum atomic E-state index is 11.8. The second kappa shape index (κ2) is 8.19. The van der Waals surface area contributed by atoms with E-state index in [2.05, 4.69) is 5.32 Å². The number of amides is 2. The number of carbonyl (C=O) groups is 2. The van der Waals surface area contributed by atoms with E-state index in [4.69, 9.17) is 5.73 Å². The summed E-state index contributed by atoms with van der Waals surface area (Å²) in [6.07, 6.45) is 0.573. The normalized spacial score (nSPS) is 10.1. The molecule has 0 aromatic heterocycles. The van der Waals surface area contributed by atoms with Crippen LogP contribution in [0.1, 0.15) is 25.8 Å². The molecule has 3 N–H and O–H groups in total. The summed E-state index contributed by atoms with van der Waals surface area (Å²) in [7, 11) is 0. The van der Waals surface area contributed by atoms with Crippen molar-refractivity contribution >= 4 is 17.5 Å². The lowest BCUT2D eigenvalue weighted by atomic mass is 10.1. The maximum absolute atomic E-state index is 11.8. The summed E-state index contributed by atoms with van der Waals surface area (Å²) in [5, 5.41) is 2.75. The van der Waals surface area contributed by atoms with Gasteiger partial charge in [-0.2, -0.15) is 0 Å². The van der Waals surface area contributed by atoms with E-state index in [1.54, 1.807) is 11.0 Å². The van der Waals surface area contributed by atoms with Crippen LogP contribution in [-0.4, -0.2) is 36.3 Å². The van der Waals surface area contributed by atoms with Gasteiger partial charge in [0.1, 0.15) is 0 Å². The first kappa shape index (κ1) is 16.0. The Labute approximate surface area is 120 Å². The number of rotatable bonds is 7. The molecule has 0 bridgehead atoms. The number of nitrogens with one attached hydrogen (secondary N) is 1. The van der Waals surface area contributed by atoms with Crippen molar-refractivity contribution in [3.63, 3.8) is 0 Å². The fourth-order valence-corrected chi connectivity index (χ4v) is 1.97. The Morgan fingerprint density at radius 3 is 2.45 bits per heavy atom. The first-order valence-electron chi connectivity index (χ1n) is 6.96. The Morgan fingerprint density at radius 2 is 1.85 bits per heavy atom.